The smallest absolute Gasteiger partial charge is 0.240 e. The molecule has 1 rings (SSSR count). The van der Waals surface area contributed by atoms with Crippen molar-refractivity contribution in [2.24, 2.45) is 11.0 Å². The fourth-order valence-electron chi connectivity index (χ4n) is 2.29. The zero-order valence-electron chi connectivity index (χ0n) is 12.2. The van der Waals surface area contributed by atoms with Crippen LogP contribution in [0.25, 0.3) is 0 Å². The molecule has 3 heteroatoms. The van der Waals surface area contributed by atoms with Gasteiger partial charge in [-0.3, -0.25) is 4.79 Å². The minimum Gasteiger partial charge on any atom is -0.273 e. The summed E-state index contributed by atoms with van der Waals surface area (Å²) in [5.74, 6) is 0.553. The Kier molecular flexibility index (Phi) is 9.03. The number of hydrogen-bond acceptors (Lipinski definition) is 2. The highest BCUT2D eigenvalue weighted by molar-refractivity contribution is 5.76. The monoisotopic (exact) mass is 264 g/mol. The summed E-state index contributed by atoms with van der Waals surface area (Å²) in [6.07, 6.45) is 17.5. The molecule has 1 aliphatic rings. The highest BCUT2D eigenvalue weighted by atomic mass is 16.2. The summed E-state index contributed by atoms with van der Waals surface area (Å²) in [6.45, 7) is 2.22. The molecule has 1 unspecified atom stereocenters. The third kappa shape index (κ3) is 8.57. The Morgan fingerprint density at radius 1 is 1.26 bits per heavy atom. The summed E-state index contributed by atoms with van der Waals surface area (Å²) in [5, 5.41) is 4.06. The van der Waals surface area contributed by atoms with Crippen molar-refractivity contribution >= 4 is 12.1 Å². The Labute approximate surface area is 117 Å². The van der Waals surface area contributed by atoms with Crippen LogP contribution in [-0.4, -0.2) is 12.1 Å². The van der Waals surface area contributed by atoms with Gasteiger partial charge < -0.3 is 0 Å². The molecule has 1 atom stereocenters. The topological polar surface area (TPSA) is 41.5 Å². The third-order valence-corrected chi connectivity index (χ3v) is 3.54. The summed E-state index contributed by atoms with van der Waals surface area (Å²) >= 11 is 0. The normalized spacial score (nSPS) is 18.9. The van der Waals surface area contributed by atoms with Crippen molar-refractivity contribution in [1.82, 2.24) is 5.43 Å². The number of hydrazone groups is 1. The Bertz CT molecular complexity index is 297. The van der Waals surface area contributed by atoms with Crippen molar-refractivity contribution in [3.63, 3.8) is 0 Å². The van der Waals surface area contributed by atoms with E-state index in [-0.39, 0.29) is 5.91 Å². The van der Waals surface area contributed by atoms with Crippen LogP contribution >= 0.6 is 0 Å². The number of nitrogens with zero attached hydrogens (tertiary/aromatic N) is 1. The Morgan fingerprint density at radius 3 is 2.79 bits per heavy atom. The lowest BCUT2D eigenvalue weighted by Crippen LogP contribution is -2.18. The number of rotatable bonds is 9. The number of amides is 1. The molecule has 1 N–H and O–H groups in total. The van der Waals surface area contributed by atoms with Crippen molar-refractivity contribution in [2.75, 3.05) is 0 Å². The number of nitrogens with one attached hydrogen (secondary N) is 1. The van der Waals surface area contributed by atoms with Crippen LogP contribution in [0.4, 0.5) is 0 Å². The molecular weight excluding hydrogens is 236 g/mol. The van der Waals surface area contributed by atoms with Gasteiger partial charge in [-0.15, -0.1) is 0 Å². The van der Waals surface area contributed by atoms with Crippen molar-refractivity contribution in [3.8, 4) is 0 Å². The van der Waals surface area contributed by atoms with Crippen LogP contribution in [0.3, 0.4) is 0 Å². The van der Waals surface area contributed by atoms with Crippen molar-refractivity contribution < 1.29 is 4.79 Å². The van der Waals surface area contributed by atoms with Crippen LogP contribution < -0.4 is 5.43 Å². The molecule has 0 aromatic rings. The lowest BCUT2D eigenvalue weighted by atomic mass is 9.96. The molecule has 1 amide bonds. The lowest BCUT2D eigenvalue weighted by molar-refractivity contribution is -0.121. The van der Waals surface area contributed by atoms with E-state index in [1.54, 1.807) is 0 Å². The average molecular weight is 264 g/mol. The highest BCUT2D eigenvalue weighted by Gasteiger charge is 2.06. The number of allylic oxidation sites excluding steroid dienone is 2. The Morgan fingerprint density at radius 2 is 2.05 bits per heavy atom. The minimum absolute atomic E-state index is 0.0538. The lowest BCUT2D eigenvalue weighted by Gasteiger charge is -2.11. The van der Waals surface area contributed by atoms with E-state index >= 15 is 0 Å². The molecule has 0 bridgehead atoms. The standard InChI is InChI=1S/C16H28N2O/c1-2-3-4-5-6-10-13-16(19)18-17-14-15-11-8-7-9-12-15/h7-8,14-15H,2-6,9-13H2,1H3,(H,18,19)/b17-14+. The second kappa shape index (κ2) is 10.8. The van der Waals surface area contributed by atoms with Gasteiger partial charge in [-0.05, 0) is 31.6 Å². The number of carbonyl (C=O) groups is 1. The molecule has 0 heterocycles. The molecule has 0 aromatic heterocycles. The predicted molar refractivity (Wildman–Crippen MR) is 81.1 cm³/mol. The molecule has 108 valence electrons. The molecule has 0 fully saturated rings. The van der Waals surface area contributed by atoms with Gasteiger partial charge in [0.15, 0.2) is 0 Å². The van der Waals surface area contributed by atoms with E-state index in [0.29, 0.717) is 12.3 Å². The zero-order valence-corrected chi connectivity index (χ0v) is 12.2. The quantitative estimate of drug-likeness (QED) is 0.288. The van der Waals surface area contributed by atoms with Gasteiger partial charge in [0.05, 0.1) is 0 Å². The fraction of sp³-hybridized carbons (Fsp3) is 0.750. The van der Waals surface area contributed by atoms with Gasteiger partial charge in [0.25, 0.3) is 0 Å². The first-order chi connectivity index (χ1) is 9.33. The molecule has 1 aliphatic carbocycles. The summed E-state index contributed by atoms with van der Waals surface area (Å²) in [6, 6.07) is 0. The van der Waals surface area contributed by atoms with Gasteiger partial charge in [-0.1, -0.05) is 51.2 Å². The molecule has 0 spiro atoms. The van der Waals surface area contributed by atoms with E-state index in [4.69, 9.17) is 0 Å². The molecule has 3 nitrogen and oxygen atoms in total. The summed E-state index contributed by atoms with van der Waals surface area (Å²) < 4.78 is 0. The molecule has 0 saturated heterocycles. The zero-order chi connectivity index (χ0) is 13.8. The molecule has 0 aromatic carbocycles. The van der Waals surface area contributed by atoms with E-state index < -0.39 is 0 Å². The van der Waals surface area contributed by atoms with Gasteiger partial charge >= 0.3 is 0 Å². The van der Waals surface area contributed by atoms with Gasteiger partial charge in [0.1, 0.15) is 0 Å². The summed E-state index contributed by atoms with van der Waals surface area (Å²) in [4.78, 5) is 11.5. The van der Waals surface area contributed by atoms with E-state index in [9.17, 15) is 4.79 Å². The molecule has 19 heavy (non-hydrogen) atoms. The van der Waals surface area contributed by atoms with E-state index in [2.05, 4.69) is 29.6 Å². The maximum absolute atomic E-state index is 11.5. The highest BCUT2D eigenvalue weighted by Crippen LogP contribution is 2.15. The van der Waals surface area contributed by atoms with Crippen molar-refractivity contribution in [2.45, 2.75) is 71.1 Å². The summed E-state index contributed by atoms with van der Waals surface area (Å²) in [7, 11) is 0. The third-order valence-electron chi connectivity index (χ3n) is 3.54. The fourth-order valence-corrected chi connectivity index (χ4v) is 2.29. The second-order valence-electron chi connectivity index (χ2n) is 5.38. The average Bonchev–Trinajstić information content (AvgIpc) is 2.44. The number of unbranched alkanes of at least 4 members (excludes halogenated alkanes) is 5. The van der Waals surface area contributed by atoms with Gasteiger partial charge in [-0.25, -0.2) is 5.43 Å². The van der Waals surface area contributed by atoms with E-state index in [0.717, 1.165) is 32.1 Å². The largest absolute Gasteiger partial charge is 0.273 e. The van der Waals surface area contributed by atoms with Gasteiger partial charge in [0, 0.05) is 12.6 Å². The van der Waals surface area contributed by atoms with E-state index in [1.165, 1.54) is 25.7 Å². The van der Waals surface area contributed by atoms with Crippen molar-refractivity contribution in [1.29, 1.82) is 0 Å². The number of hydrogen-bond donors (Lipinski definition) is 1. The second-order valence-corrected chi connectivity index (χ2v) is 5.38. The number of carbonyl (C=O) groups excluding carboxylic acids is 1. The maximum atomic E-state index is 11.5. The molecular formula is C16H28N2O. The van der Waals surface area contributed by atoms with Gasteiger partial charge in [-0.2, -0.15) is 5.10 Å². The first-order valence-corrected chi connectivity index (χ1v) is 7.80. The van der Waals surface area contributed by atoms with Crippen LogP contribution in [0, 0.1) is 5.92 Å². The Balaban J connectivity index is 1.98. The van der Waals surface area contributed by atoms with Crippen molar-refractivity contribution in [3.05, 3.63) is 12.2 Å². The van der Waals surface area contributed by atoms with Crippen LogP contribution in [0.2, 0.25) is 0 Å². The first kappa shape index (κ1) is 15.9. The molecule has 0 radical (unpaired) electrons. The molecule has 0 saturated carbocycles. The summed E-state index contributed by atoms with van der Waals surface area (Å²) in [5.41, 5.74) is 2.64. The minimum atomic E-state index is 0.0538. The SMILES string of the molecule is CCCCCCCCC(=O)N/N=C/C1CC=CCC1. The Hall–Kier alpha value is -1.12. The van der Waals surface area contributed by atoms with Crippen LogP contribution in [0.5, 0.6) is 0 Å². The molecule has 0 aliphatic heterocycles. The first-order valence-electron chi connectivity index (χ1n) is 7.80. The van der Waals surface area contributed by atoms with E-state index in [1.807, 2.05) is 6.21 Å². The van der Waals surface area contributed by atoms with Crippen LogP contribution in [-0.2, 0) is 4.79 Å². The maximum Gasteiger partial charge on any atom is 0.240 e. The van der Waals surface area contributed by atoms with Crippen LogP contribution in [0.15, 0.2) is 17.3 Å². The van der Waals surface area contributed by atoms with Crippen LogP contribution in [0.1, 0.15) is 71.1 Å². The van der Waals surface area contributed by atoms with Gasteiger partial charge in [0.2, 0.25) is 5.91 Å². The predicted octanol–water partition coefficient (Wildman–Crippen LogP) is 4.20.